The molecule has 0 aliphatic heterocycles. The molecule has 0 bridgehead atoms. The van der Waals surface area contributed by atoms with Gasteiger partial charge in [0.05, 0.1) is 11.4 Å². The molecule has 3 rings (SSSR count). The van der Waals surface area contributed by atoms with Gasteiger partial charge in [0.1, 0.15) is 17.4 Å². The van der Waals surface area contributed by atoms with E-state index in [4.69, 9.17) is 4.42 Å². The van der Waals surface area contributed by atoms with Crippen molar-refractivity contribution in [1.82, 2.24) is 9.97 Å². The Labute approximate surface area is 137 Å². The van der Waals surface area contributed by atoms with Crippen LogP contribution in [0.3, 0.4) is 0 Å². The summed E-state index contributed by atoms with van der Waals surface area (Å²) in [5, 5.41) is 4.39. The second-order valence-electron chi connectivity index (χ2n) is 5.12. The number of hydrogen-bond donors (Lipinski definition) is 1. The van der Waals surface area contributed by atoms with Gasteiger partial charge in [-0.05, 0) is 67.1 Å². The van der Waals surface area contributed by atoms with Gasteiger partial charge in [0.2, 0.25) is 5.71 Å². The molecule has 1 N–H and O–H groups in total. The Morgan fingerprint density at radius 2 is 2.00 bits per heavy atom. The third kappa shape index (κ3) is 3.02. The first kappa shape index (κ1) is 14.3. The number of furan rings is 1. The van der Waals surface area contributed by atoms with E-state index >= 15 is 0 Å². The molecule has 0 unspecified atom stereocenters. The summed E-state index contributed by atoms with van der Waals surface area (Å²) in [7, 11) is 0. The van der Waals surface area contributed by atoms with E-state index in [0.29, 0.717) is 11.5 Å². The lowest BCUT2D eigenvalue weighted by atomic mass is 10.1. The molecule has 2 aromatic heterocycles. The van der Waals surface area contributed by atoms with Crippen molar-refractivity contribution in [2.45, 2.75) is 26.8 Å². The van der Waals surface area contributed by atoms with E-state index in [-0.39, 0.29) is 6.04 Å². The normalized spacial score (nSPS) is 12.6. The quantitative estimate of drug-likeness (QED) is 0.660. The van der Waals surface area contributed by atoms with Crippen molar-refractivity contribution in [3.05, 3.63) is 51.1 Å². The number of nitrogens with zero attached hydrogens (tertiary/aromatic N) is 2. The maximum Gasteiger partial charge on any atom is 0.231 e. The highest BCUT2D eigenvalue weighted by Crippen LogP contribution is 2.27. The van der Waals surface area contributed by atoms with Crippen molar-refractivity contribution < 1.29 is 4.42 Å². The van der Waals surface area contributed by atoms with Gasteiger partial charge in [0.25, 0.3) is 0 Å². The third-order valence-electron chi connectivity index (χ3n) is 3.33. The number of nitrogens with one attached hydrogen (secondary N) is 1. The Kier molecular flexibility index (Phi) is 3.84. The molecule has 21 heavy (non-hydrogen) atoms. The second kappa shape index (κ2) is 5.63. The molecular weight excluding hydrogens is 377 g/mol. The second-order valence-corrected chi connectivity index (χ2v) is 6.36. The van der Waals surface area contributed by atoms with Crippen molar-refractivity contribution in [3.63, 3.8) is 0 Å². The minimum Gasteiger partial charge on any atom is -0.443 e. The van der Waals surface area contributed by atoms with E-state index in [2.05, 4.69) is 69.1 Å². The third-order valence-corrected chi connectivity index (χ3v) is 4.00. The minimum atomic E-state index is 0.160. The van der Waals surface area contributed by atoms with Crippen LogP contribution in [0.15, 0.2) is 34.7 Å². The van der Waals surface area contributed by atoms with E-state index in [1.54, 1.807) is 0 Å². The summed E-state index contributed by atoms with van der Waals surface area (Å²) in [6, 6.07) is 10.6. The molecule has 0 saturated carbocycles. The Hall–Kier alpha value is -1.63. The summed E-state index contributed by atoms with van der Waals surface area (Å²) in [6.45, 7) is 5.92. The lowest BCUT2D eigenvalue weighted by molar-refractivity contribution is 0.566. The van der Waals surface area contributed by atoms with Crippen LogP contribution in [0.5, 0.6) is 0 Å². The molecule has 3 aromatic rings. The van der Waals surface area contributed by atoms with Crippen molar-refractivity contribution in [3.8, 4) is 0 Å². The summed E-state index contributed by atoms with van der Waals surface area (Å²) in [5.74, 6) is 2.37. The van der Waals surface area contributed by atoms with Crippen molar-refractivity contribution in [2.24, 2.45) is 0 Å². The molecule has 108 valence electrons. The molecule has 0 aliphatic rings. The van der Waals surface area contributed by atoms with Crippen molar-refractivity contribution in [1.29, 1.82) is 0 Å². The van der Waals surface area contributed by atoms with Crippen LogP contribution in [0.2, 0.25) is 0 Å². The number of anilines is 1. The number of benzene rings is 1. The maximum atomic E-state index is 5.60. The van der Waals surface area contributed by atoms with Gasteiger partial charge in [-0.25, -0.2) is 4.98 Å². The topological polar surface area (TPSA) is 51.0 Å². The van der Waals surface area contributed by atoms with E-state index in [1.165, 1.54) is 9.13 Å². The van der Waals surface area contributed by atoms with Gasteiger partial charge < -0.3 is 9.73 Å². The first-order valence-electron chi connectivity index (χ1n) is 6.80. The SMILES string of the molecule is Cc1nc(N[C@@H](C)c2cccc(I)c2)c2cc(C)oc2n1. The standard InChI is InChI=1S/C16H16IN3O/c1-9-7-14-15(19-11(3)20-16(14)21-9)18-10(2)12-5-4-6-13(17)8-12/h4-8,10H,1-3H3,(H,18,19,20)/t10-/m0/s1. The van der Waals surface area contributed by atoms with Crippen LogP contribution in [0, 0.1) is 17.4 Å². The van der Waals surface area contributed by atoms with Gasteiger partial charge in [-0.1, -0.05) is 12.1 Å². The smallest absolute Gasteiger partial charge is 0.231 e. The lowest BCUT2D eigenvalue weighted by Gasteiger charge is -2.16. The molecule has 1 aromatic carbocycles. The predicted molar refractivity (Wildman–Crippen MR) is 92.5 cm³/mol. The van der Waals surface area contributed by atoms with Crippen LogP contribution in [-0.4, -0.2) is 9.97 Å². The fourth-order valence-electron chi connectivity index (χ4n) is 2.32. The van der Waals surface area contributed by atoms with E-state index in [0.717, 1.165) is 17.0 Å². The average molecular weight is 393 g/mol. The molecule has 0 amide bonds. The monoisotopic (exact) mass is 393 g/mol. The van der Waals surface area contributed by atoms with Gasteiger partial charge in [-0.2, -0.15) is 4.98 Å². The van der Waals surface area contributed by atoms with Crippen LogP contribution in [-0.2, 0) is 0 Å². The van der Waals surface area contributed by atoms with Gasteiger partial charge >= 0.3 is 0 Å². The Morgan fingerprint density at radius 3 is 2.76 bits per heavy atom. The molecule has 2 heterocycles. The van der Waals surface area contributed by atoms with Crippen molar-refractivity contribution in [2.75, 3.05) is 5.32 Å². The van der Waals surface area contributed by atoms with Crippen LogP contribution in [0.25, 0.3) is 11.1 Å². The molecule has 1 atom stereocenters. The Bertz CT molecular complexity index is 797. The number of hydrogen-bond acceptors (Lipinski definition) is 4. The summed E-state index contributed by atoms with van der Waals surface area (Å²) in [4.78, 5) is 8.85. The zero-order valence-electron chi connectivity index (χ0n) is 12.1. The number of halogens is 1. The fourth-order valence-corrected chi connectivity index (χ4v) is 2.89. The van der Waals surface area contributed by atoms with Crippen LogP contribution < -0.4 is 5.32 Å². The summed E-state index contributed by atoms with van der Waals surface area (Å²) < 4.78 is 6.83. The number of aromatic nitrogens is 2. The molecule has 0 spiro atoms. The molecule has 0 aliphatic carbocycles. The first-order chi connectivity index (χ1) is 10.0. The van der Waals surface area contributed by atoms with E-state index in [9.17, 15) is 0 Å². The van der Waals surface area contributed by atoms with Gasteiger partial charge in [-0.15, -0.1) is 0 Å². The highest BCUT2D eigenvalue weighted by molar-refractivity contribution is 14.1. The summed E-state index contributed by atoms with van der Waals surface area (Å²) >= 11 is 2.32. The molecule has 0 fully saturated rings. The number of fused-ring (bicyclic) bond motifs is 1. The number of aryl methyl sites for hydroxylation is 2. The Balaban J connectivity index is 1.97. The molecule has 0 radical (unpaired) electrons. The average Bonchev–Trinajstić information content (AvgIpc) is 2.79. The summed E-state index contributed by atoms with van der Waals surface area (Å²) in [5.41, 5.74) is 1.86. The predicted octanol–water partition coefficient (Wildman–Crippen LogP) is 4.62. The zero-order valence-corrected chi connectivity index (χ0v) is 14.3. The van der Waals surface area contributed by atoms with Gasteiger partial charge in [-0.3, -0.25) is 0 Å². The largest absolute Gasteiger partial charge is 0.443 e. The Morgan fingerprint density at radius 1 is 1.19 bits per heavy atom. The lowest BCUT2D eigenvalue weighted by Crippen LogP contribution is -2.09. The van der Waals surface area contributed by atoms with Crippen molar-refractivity contribution >= 4 is 39.5 Å². The first-order valence-corrected chi connectivity index (χ1v) is 7.87. The number of rotatable bonds is 3. The van der Waals surface area contributed by atoms with Crippen LogP contribution >= 0.6 is 22.6 Å². The minimum absolute atomic E-state index is 0.160. The highest BCUT2D eigenvalue weighted by Gasteiger charge is 2.13. The molecular formula is C16H16IN3O. The van der Waals surface area contributed by atoms with Crippen LogP contribution in [0.1, 0.15) is 30.1 Å². The molecule has 5 heteroatoms. The summed E-state index contributed by atoms with van der Waals surface area (Å²) in [6.07, 6.45) is 0. The van der Waals surface area contributed by atoms with Gasteiger partial charge in [0.15, 0.2) is 0 Å². The molecule has 0 saturated heterocycles. The maximum absolute atomic E-state index is 5.60. The van der Waals surface area contributed by atoms with Crippen LogP contribution in [0.4, 0.5) is 5.82 Å². The highest BCUT2D eigenvalue weighted by atomic mass is 127. The zero-order chi connectivity index (χ0) is 15.0. The fraction of sp³-hybridized carbons (Fsp3) is 0.250. The van der Waals surface area contributed by atoms with E-state index in [1.807, 2.05) is 19.9 Å². The van der Waals surface area contributed by atoms with Gasteiger partial charge in [0, 0.05) is 3.57 Å². The van der Waals surface area contributed by atoms with E-state index < -0.39 is 0 Å². The molecule has 4 nitrogen and oxygen atoms in total.